The van der Waals surface area contributed by atoms with Crippen LogP contribution in [0, 0.1) is 35.0 Å². The molecule has 12 heterocycles. The van der Waals surface area contributed by atoms with Gasteiger partial charge in [0, 0.05) is 161 Å². The van der Waals surface area contributed by atoms with Crippen molar-refractivity contribution in [3.8, 4) is 23.7 Å². The fourth-order valence-corrected chi connectivity index (χ4v) is 18.9. The number of amides is 2. The topological polar surface area (TPSA) is 378 Å². The van der Waals surface area contributed by atoms with Crippen LogP contribution >= 0.6 is 39.9 Å². The van der Waals surface area contributed by atoms with Crippen LogP contribution in [0.25, 0.3) is 22.1 Å². The summed E-state index contributed by atoms with van der Waals surface area (Å²) in [6.07, 6.45) is 28.6. The first-order chi connectivity index (χ1) is 67.2. The number of aliphatic hydroxyl groups is 1. The average molecular weight is 2160 g/mol. The molecule has 3 N–H and O–H groups in total. The van der Waals surface area contributed by atoms with E-state index in [9.17, 15) is 19.2 Å². The molecular formula is C106H157BrCl2K2LiN17O16. The number of ketones is 2. The molecule has 6 aromatic heterocycles. The largest absolute Gasteiger partial charge is 1.00 e. The van der Waals surface area contributed by atoms with Crippen molar-refractivity contribution >= 4 is 116 Å². The number of ether oxygens (including phenoxy) is 7. The minimum Gasteiger partial charge on any atom is -1.00 e. The zero-order valence-electron chi connectivity index (χ0n) is 88.3. The molecule has 0 spiro atoms. The van der Waals surface area contributed by atoms with Gasteiger partial charge >= 0.3 is 134 Å². The van der Waals surface area contributed by atoms with E-state index in [1.165, 1.54) is 135 Å². The predicted octanol–water partition coefficient (Wildman–Crippen LogP) is 9.45. The van der Waals surface area contributed by atoms with Crippen LogP contribution in [0.3, 0.4) is 0 Å². The van der Waals surface area contributed by atoms with Crippen molar-refractivity contribution < 1.29 is 201 Å². The number of nitrogens with zero attached hydrogens (tertiary/aromatic N) is 16. The minimum absolute atomic E-state index is 0. The van der Waals surface area contributed by atoms with Gasteiger partial charge in [0.15, 0.2) is 11.6 Å². The van der Waals surface area contributed by atoms with Gasteiger partial charge in [-0.2, -0.15) is 20.2 Å². The Balaban J connectivity index is 0.000000370. The van der Waals surface area contributed by atoms with Gasteiger partial charge in [0.2, 0.25) is 17.6 Å². The number of aromatic nitrogens is 8. The van der Waals surface area contributed by atoms with Gasteiger partial charge in [-0.3, -0.25) is 19.3 Å². The van der Waals surface area contributed by atoms with E-state index < -0.39 is 11.2 Å². The molecule has 8 aromatic rings. The fraction of sp³-hybridized carbons (Fsp3) is 0.623. The van der Waals surface area contributed by atoms with Crippen molar-refractivity contribution in [2.24, 2.45) is 23.7 Å². The number of halogens is 3. The normalized spacial score (nSPS) is 18.1. The van der Waals surface area contributed by atoms with Gasteiger partial charge in [-0.1, -0.05) is 109 Å². The Bertz CT molecular complexity index is 5130. The van der Waals surface area contributed by atoms with E-state index in [0.717, 1.165) is 229 Å². The van der Waals surface area contributed by atoms with Crippen LogP contribution in [0.5, 0.6) is 17.6 Å². The number of hydrogen-bond acceptors (Lipinski definition) is 29. The van der Waals surface area contributed by atoms with E-state index in [1.54, 1.807) is 35.8 Å². The first-order valence-corrected chi connectivity index (χ1v) is 51.8. The van der Waals surface area contributed by atoms with E-state index >= 15 is 0 Å². The quantitative estimate of drug-likeness (QED) is 0.0108. The Kier molecular flexibility index (Phi) is 61.5. The number of alkyl halides is 1. The number of benzene rings is 2. The maximum atomic E-state index is 12.2. The van der Waals surface area contributed by atoms with Crippen LogP contribution in [-0.4, -0.2) is 262 Å². The zero-order chi connectivity index (χ0) is 98.9. The third-order valence-corrected chi connectivity index (χ3v) is 27.1. The Morgan fingerprint density at radius 2 is 0.834 bits per heavy atom. The number of imidazole rings is 2. The molecule has 786 valence electrons. The molecule has 4 aliphatic carbocycles. The molecule has 0 unspecified atom stereocenters. The molecule has 145 heavy (non-hydrogen) atoms. The van der Waals surface area contributed by atoms with Crippen molar-refractivity contribution in [1.29, 1.82) is 5.26 Å². The number of Topliss-reactive ketones (excluding diaryl/α,β-unsaturated/α-hetero) is 2. The number of rotatable bonds is 24. The molecule has 39 heteroatoms. The van der Waals surface area contributed by atoms with Gasteiger partial charge in [-0.25, -0.2) is 24.5 Å². The van der Waals surface area contributed by atoms with Crippen molar-refractivity contribution in [3.05, 3.63) is 137 Å². The van der Waals surface area contributed by atoms with Gasteiger partial charge in [0.25, 0.3) is 6.47 Å². The van der Waals surface area contributed by atoms with E-state index in [1.807, 2.05) is 120 Å². The van der Waals surface area contributed by atoms with Crippen LogP contribution in [0.2, 0.25) is 0 Å². The van der Waals surface area contributed by atoms with Crippen molar-refractivity contribution in [1.82, 2.24) is 59.1 Å². The fourth-order valence-electron chi connectivity index (χ4n) is 18.4. The molecule has 33 nitrogen and oxygen atoms in total. The average Bonchev–Trinajstić information content (AvgIpc) is 1.64. The summed E-state index contributed by atoms with van der Waals surface area (Å²) in [5, 5.41) is 27.8. The molecule has 10 fully saturated rings. The second kappa shape index (κ2) is 68.9. The Labute approximate surface area is 977 Å². The standard InChI is InChI=1S/C30H39N5O3.C21H33N3O3.C16H25N3O.C14H20BrN3O2.C14H15ClN2O2.C7H14O.C2H3N.CH2O3.CH4.ClH.2K.Li.H2O.H/c1-22(36)24-10-11-26-27(18-24)35(19-25-12-17-37-25)29(31-26)20-33-13-15-34(16-14-33)28-8-5-9-30(32-28)38-21-23-6-3-2-4-7-23;1-21(2,3)27-20(25)24-14-12-23(13-15-24)18-10-7-11-19(22-18)26-16-17-8-5-4-6-9-17;1-2-5-14(6-3-1)13-20-16-8-4-7-15(18-16)19-11-9-17-10-12-19;1-14(2,3)20-13(19)18-9-7-17(8-10-18)12-6-4-5-11(15)16-12;1-9(18)10-2-3-12-13(6-10)17(14(7-15)16-12)8-11-4-5-19-11;8-6-7-4-2-1-3-5-7;1-2-3;2-1-4-3;;;;;;;/h5,8-11,18,23,25H,2-4,6-7,12-17,19-21H2,1H3;7,10-11,17H,4-6,8-9,12-16H2,1-3H3;4,7-8,14,17H,1-3,5-6,9-13H2;4-6H,7-10H2,1-3H3;2-3,6,11H,4-5,7-8H2,1H3;7-8H,1-6H2;1H3;1,3H;1H4;1H;;;;1H2;/q;;;;;;;;;;3*+1;;-1/p-2/t25-;;;;11-;;;;;;;;;;/m0...0........../s1. The first-order valence-electron chi connectivity index (χ1n) is 50.5. The summed E-state index contributed by atoms with van der Waals surface area (Å²) in [7, 11) is 0. The molecule has 0 bridgehead atoms. The van der Waals surface area contributed by atoms with E-state index in [0.29, 0.717) is 67.9 Å². The van der Waals surface area contributed by atoms with Crippen molar-refractivity contribution in [2.45, 2.75) is 260 Å². The minimum atomic E-state index is -0.459. The summed E-state index contributed by atoms with van der Waals surface area (Å²) in [5.74, 6) is 11.2. The van der Waals surface area contributed by atoms with Crippen LogP contribution < -0.4 is 166 Å². The number of aliphatic hydroxyl groups excluding tert-OH is 1. The Morgan fingerprint density at radius 1 is 0.510 bits per heavy atom. The van der Waals surface area contributed by atoms with Gasteiger partial charge in [-0.15, -0.1) is 24.0 Å². The van der Waals surface area contributed by atoms with Gasteiger partial charge in [0.1, 0.15) is 50.7 Å². The Morgan fingerprint density at radius 3 is 1.14 bits per heavy atom. The molecule has 0 radical (unpaired) electrons. The number of hydrogen-bond donors (Lipinski definition) is 2. The number of nitrogens with one attached hydrogen (secondary N) is 1. The smallest absolute Gasteiger partial charge is 1.00 e. The number of fused-ring (bicyclic) bond motifs is 2. The third kappa shape index (κ3) is 44.4. The van der Waals surface area contributed by atoms with Crippen LogP contribution in [0.4, 0.5) is 32.9 Å². The summed E-state index contributed by atoms with van der Waals surface area (Å²) in [6.45, 7) is 36.0. The molecule has 2 atom stereocenters. The number of piperazine rings is 4. The van der Waals surface area contributed by atoms with E-state index in [-0.39, 0.29) is 191 Å². The number of anilines is 4. The van der Waals surface area contributed by atoms with Crippen LogP contribution in [0.15, 0.2) is 114 Å². The van der Waals surface area contributed by atoms with Gasteiger partial charge in [-0.05, 0) is 226 Å². The molecule has 2 aromatic carbocycles. The summed E-state index contributed by atoms with van der Waals surface area (Å²) in [4.78, 5) is 102. The molecule has 6 saturated heterocycles. The van der Waals surface area contributed by atoms with Crippen molar-refractivity contribution in [3.63, 3.8) is 0 Å². The maximum Gasteiger partial charge on any atom is 1.00 e. The van der Waals surface area contributed by atoms with Gasteiger partial charge < -0.3 is 99.2 Å². The first kappa shape index (κ1) is 130. The number of carbonyl (C=O) groups is 5. The Hall–Kier alpha value is -5.93. The third-order valence-electron chi connectivity index (χ3n) is 26.4. The molecule has 10 aliphatic rings. The molecule has 6 aliphatic heterocycles. The summed E-state index contributed by atoms with van der Waals surface area (Å²) >= 11 is 9.33. The van der Waals surface area contributed by atoms with Gasteiger partial charge in [0.05, 0.1) is 85.7 Å². The monoisotopic (exact) mass is 2160 g/mol. The predicted molar refractivity (Wildman–Crippen MR) is 560 cm³/mol. The van der Waals surface area contributed by atoms with Crippen molar-refractivity contribution in [2.75, 3.05) is 164 Å². The molecule has 2 amide bonds. The second-order valence-electron chi connectivity index (χ2n) is 39.3. The SMILES string of the molecule is C.CC#N.CC(=O)c1ccc2nc(CCl)n(C[C@@H]3CCO3)c2c1.CC(=O)c1ccc2nc(CN3CCN(c4cccc(OCC5CCCCC5)n4)CC3)n(C[C@@H]3CCO3)c2c1.CC(C)(C)OC(=O)N1CCN(c2cccc(Br)n2)CC1.CC(C)(C)OC(=O)N1CCN(c2cccc(OCC3CCCCC3)n2)CC1.Cl.O=CO[O-].OCC1CCCCC1.[H-].[K+].[K+].[Li+].[OH-].c1cc(OCC2CCCCC2)nc(N2CCNCC2)c1. The number of carbonyl (C=O) groups excluding carboxylic acids is 5. The van der Waals surface area contributed by atoms with E-state index in [4.69, 9.17) is 75.1 Å². The van der Waals surface area contributed by atoms with Crippen LogP contribution in [0.1, 0.15) is 245 Å². The van der Waals surface area contributed by atoms with Crippen LogP contribution in [-0.2, 0) is 54.1 Å². The zero-order valence-corrected chi connectivity index (χ0v) is 96.7. The summed E-state index contributed by atoms with van der Waals surface area (Å²) in [6, 6.07) is 37.2. The summed E-state index contributed by atoms with van der Waals surface area (Å²) < 4.78 is 45.2. The maximum absolute atomic E-state index is 12.2. The second-order valence-corrected chi connectivity index (χ2v) is 40.4. The summed E-state index contributed by atoms with van der Waals surface area (Å²) in [5.41, 5.74) is 4.32. The van der Waals surface area contributed by atoms with E-state index in [2.05, 4.69) is 104 Å². The molecule has 4 saturated carbocycles. The molecule has 18 rings (SSSR count). The number of nitriles is 1. The molecular weight excluding hydrogens is 2000 g/mol. The number of pyridine rings is 4.